The van der Waals surface area contributed by atoms with E-state index >= 15 is 0 Å². The molecule has 1 aliphatic carbocycles. The third-order valence-corrected chi connectivity index (χ3v) is 8.37. The molecule has 202 valence electrons. The van der Waals surface area contributed by atoms with Crippen molar-refractivity contribution in [2.45, 2.75) is 38.3 Å². The Hall–Kier alpha value is -3.33. The third-order valence-electron chi connectivity index (χ3n) is 8.10. The van der Waals surface area contributed by atoms with Crippen molar-refractivity contribution >= 4 is 23.4 Å². The second-order valence-corrected chi connectivity index (χ2v) is 11.1. The number of nitrogens with one attached hydrogen (secondary N) is 1. The number of nitrogens with zero attached hydrogens (tertiary/aromatic N) is 3. The van der Waals surface area contributed by atoms with Gasteiger partial charge >= 0.3 is 0 Å². The van der Waals surface area contributed by atoms with E-state index in [0.29, 0.717) is 28.7 Å². The lowest BCUT2D eigenvalue weighted by atomic mass is 9.96. The van der Waals surface area contributed by atoms with Crippen molar-refractivity contribution in [2.75, 3.05) is 26.4 Å². The number of aromatic nitrogens is 2. The van der Waals surface area contributed by atoms with Gasteiger partial charge in [-0.25, -0.2) is 9.97 Å². The van der Waals surface area contributed by atoms with Gasteiger partial charge < -0.3 is 20.1 Å². The van der Waals surface area contributed by atoms with Crippen LogP contribution in [0.3, 0.4) is 0 Å². The van der Waals surface area contributed by atoms with E-state index < -0.39 is 0 Å². The van der Waals surface area contributed by atoms with Gasteiger partial charge in [0.1, 0.15) is 12.4 Å². The predicted molar refractivity (Wildman–Crippen MR) is 146 cm³/mol. The fourth-order valence-corrected chi connectivity index (χ4v) is 6.19. The maximum Gasteiger partial charge on any atom is 0.254 e. The van der Waals surface area contributed by atoms with Gasteiger partial charge in [0.25, 0.3) is 5.91 Å². The maximum atomic E-state index is 13.3. The first-order valence-corrected chi connectivity index (χ1v) is 13.9. The molecular weight excluding hydrogens is 516 g/mol. The number of aliphatic hydroxyl groups excluding tert-OH is 1. The van der Waals surface area contributed by atoms with Crippen LogP contribution in [0.25, 0.3) is 11.3 Å². The van der Waals surface area contributed by atoms with E-state index in [0.717, 1.165) is 67.0 Å². The Morgan fingerprint density at radius 3 is 2.79 bits per heavy atom. The summed E-state index contributed by atoms with van der Waals surface area (Å²) in [5.41, 5.74) is 4.95. The summed E-state index contributed by atoms with van der Waals surface area (Å²) in [4.78, 5) is 37.1. The van der Waals surface area contributed by atoms with Gasteiger partial charge in [0, 0.05) is 56.0 Å². The SMILES string of the molecule is O=C(CN1Cc2ccc(-c3nc(CC4CCOCC4)ncc3Cl)cc2C1=O)N[C@@H]1c2ccccc2C[C@@H]1CO. The average Bonchev–Trinajstić information content (AvgIpc) is 3.46. The highest BCUT2D eigenvalue weighted by molar-refractivity contribution is 6.32. The lowest BCUT2D eigenvalue weighted by molar-refractivity contribution is -0.123. The molecule has 1 saturated heterocycles. The highest BCUT2D eigenvalue weighted by atomic mass is 35.5. The molecule has 3 aromatic rings. The van der Waals surface area contributed by atoms with Crippen molar-refractivity contribution in [1.82, 2.24) is 20.2 Å². The molecule has 6 rings (SSSR count). The number of carbonyl (C=O) groups excluding carboxylic acids is 2. The van der Waals surface area contributed by atoms with E-state index in [9.17, 15) is 14.7 Å². The van der Waals surface area contributed by atoms with Crippen LogP contribution in [0.5, 0.6) is 0 Å². The van der Waals surface area contributed by atoms with Crippen molar-refractivity contribution in [1.29, 1.82) is 0 Å². The highest BCUT2D eigenvalue weighted by Gasteiger charge is 2.35. The molecule has 2 aliphatic heterocycles. The zero-order valence-electron chi connectivity index (χ0n) is 21.6. The summed E-state index contributed by atoms with van der Waals surface area (Å²) in [6.07, 6.45) is 5.10. The summed E-state index contributed by atoms with van der Waals surface area (Å²) in [7, 11) is 0. The molecule has 0 unspecified atom stereocenters. The molecule has 2 atom stereocenters. The van der Waals surface area contributed by atoms with Crippen molar-refractivity contribution in [3.05, 3.63) is 81.8 Å². The molecule has 1 aromatic heterocycles. The standard InChI is InChI=1S/C30H31ClN4O4/c31-25-14-32-26(11-18-7-9-39-10-8-18)33-29(25)20-5-6-21-15-35(30(38)24(21)13-20)16-27(37)34-28-22(17-36)12-19-3-1-2-4-23(19)28/h1-6,13-14,18,22,28,36H,7-12,15-17H2,(H,34,37)/t22-,28+/m1/s1. The Bertz CT molecular complexity index is 1410. The van der Waals surface area contributed by atoms with Gasteiger partial charge in [-0.1, -0.05) is 48.0 Å². The fourth-order valence-electron chi connectivity index (χ4n) is 5.99. The van der Waals surface area contributed by atoms with Gasteiger partial charge in [-0.15, -0.1) is 0 Å². The molecule has 8 nitrogen and oxygen atoms in total. The zero-order valence-corrected chi connectivity index (χ0v) is 22.4. The summed E-state index contributed by atoms with van der Waals surface area (Å²) in [6, 6.07) is 13.3. The molecule has 0 bridgehead atoms. The number of amides is 2. The smallest absolute Gasteiger partial charge is 0.254 e. The minimum absolute atomic E-state index is 0.0150. The van der Waals surface area contributed by atoms with Gasteiger partial charge in [0.05, 0.1) is 16.8 Å². The maximum absolute atomic E-state index is 13.3. The Morgan fingerprint density at radius 1 is 1.15 bits per heavy atom. The largest absolute Gasteiger partial charge is 0.396 e. The molecule has 3 aliphatic rings. The topological polar surface area (TPSA) is 105 Å². The number of halogens is 1. The molecule has 3 heterocycles. The molecular formula is C30H31ClN4O4. The van der Waals surface area contributed by atoms with Crippen LogP contribution in [0.15, 0.2) is 48.7 Å². The molecule has 2 N–H and O–H groups in total. The van der Waals surface area contributed by atoms with Crippen LogP contribution in [-0.4, -0.2) is 58.2 Å². The first-order valence-electron chi connectivity index (χ1n) is 13.5. The summed E-state index contributed by atoms with van der Waals surface area (Å²) in [6.45, 7) is 1.83. The number of benzene rings is 2. The van der Waals surface area contributed by atoms with E-state index in [-0.39, 0.29) is 36.9 Å². The monoisotopic (exact) mass is 546 g/mol. The molecule has 0 spiro atoms. The van der Waals surface area contributed by atoms with E-state index in [2.05, 4.69) is 10.3 Å². The normalized spacial score (nSPS) is 20.7. The van der Waals surface area contributed by atoms with Crippen LogP contribution in [0, 0.1) is 11.8 Å². The molecule has 2 amide bonds. The zero-order chi connectivity index (χ0) is 26.9. The number of fused-ring (bicyclic) bond motifs is 2. The fraction of sp³-hybridized carbons (Fsp3) is 0.400. The Balaban J connectivity index is 1.15. The average molecular weight is 547 g/mol. The quantitative estimate of drug-likeness (QED) is 0.468. The molecule has 9 heteroatoms. The van der Waals surface area contributed by atoms with Gasteiger partial charge in [-0.2, -0.15) is 0 Å². The number of hydrogen-bond donors (Lipinski definition) is 2. The Morgan fingerprint density at radius 2 is 1.97 bits per heavy atom. The van der Waals surface area contributed by atoms with Crippen LogP contribution in [0.4, 0.5) is 0 Å². The van der Waals surface area contributed by atoms with Gasteiger partial charge in [-0.05, 0) is 47.9 Å². The molecule has 2 aromatic carbocycles. The number of ether oxygens (including phenoxy) is 1. The minimum atomic E-state index is -0.263. The number of hydrogen-bond acceptors (Lipinski definition) is 6. The lowest BCUT2D eigenvalue weighted by Gasteiger charge is -2.22. The van der Waals surface area contributed by atoms with Crippen LogP contribution < -0.4 is 5.32 Å². The lowest BCUT2D eigenvalue weighted by Crippen LogP contribution is -2.40. The number of aliphatic hydroxyl groups is 1. The van der Waals surface area contributed by atoms with Gasteiger partial charge in [0.2, 0.25) is 5.91 Å². The van der Waals surface area contributed by atoms with E-state index in [1.54, 1.807) is 11.1 Å². The van der Waals surface area contributed by atoms with E-state index in [1.165, 1.54) is 0 Å². The minimum Gasteiger partial charge on any atom is -0.396 e. The summed E-state index contributed by atoms with van der Waals surface area (Å²) in [5, 5.41) is 13.4. The first kappa shape index (κ1) is 25.9. The highest BCUT2D eigenvalue weighted by Crippen LogP contribution is 2.36. The molecule has 1 fully saturated rings. The van der Waals surface area contributed by atoms with Crippen LogP contribution >= 0.6 is 11.6 Å². The molecule has 0 saturated carbocycles. The number of carbonyl (C=O) groups is 2. The first-order chi connectivity index (χ1) is 19.0. The third kappa shape index (κ3) is 5.29. The number of rotatable bonds is 7. The van der Waals surface area contributed by atoms with Crippen LogP contribution in [0.2, 0.25) is 5.02 Å². The van der Waals surface area contributed by atoms with Crippen molar-refractivity contribution < 1.29 is 19.4 Å². The van der Waals surface area contributed by atoms with E-state index in [4.69, 9.17) is 21.3 Å². The van der Waals surface area contributed by atoms with E-state index in [1.807, 2.05) is 42.5 Å². The van der Waals surface area contributed by atoms with Crippen LogP contribution in [0.1, 0.15) is 51.8 Å². The van der Waals surface area contributed by atoms with Crippen molar-refractivity contribution in [2.24, 2.45) is 11.8 Å². The summed E-state index contributed by atoms with van der Waals surface area (Å²) >= 11 is 6.49. The molecule has 39 heavy (non-hydrogen) atoms. The van der Waals surface area contributed by atoms with Gasteiger partial charge in [-0.3, -0.25) is 9.59 Å². The van der Waals surface area contributed by atoms with Crippen LogP contribution in [-0.2, 0) is 28.9 Å². The Labute approximate surface area is 232 Å². The van der Waals surface area contributed by atoms with Gasteiger partial charge in [0.15, 0.2) is 0 Å². The Kier molecular flexibility index (Phi) is 7.34. The second kappa shape index (κ2) is 11.0. The second-order valence-electron chi connectivity index (χ2n) is 10.7. The summed E-state index contributed by atoms with van der Waals surface area (Å²) in [5.74, 6) is 0.711. The van der Waals surface area contributed by atoms with Crippen molar-refractivity contribution in [3.63, 3.8) is 0 Å². The summed E-state index contributed by atoms with van der Waals surface area (Å²) < 4.78 is 5.46. The van der Waals surface area contributed by atoms with Crippen molar-refractivity contribution in [3.8, 4) is 11.3 Å². The predicted octanol–water partition coefficient (Wildman–Crippen LogP) is 3.74. The molecule has 0 radical (unpaired) electrons.